The van der Waals surface area contributed by atoms with Gasteiger partial charge in [0.2, 0.25) is 0 Å². The molecule has 8 heteroatoms. The van der Waals surface area contributed by atoms with Gasteiger partial charge < -0.3 is 14.8 Å². The fraction of sp³-hybridized carbons (Fsp3) is 0.167. The molecule has 2 aromatic rings. The van der Waals surface area contributed by atoms with Crippen LogP contribution in [0.25, 0.3) is 0 Å². The van der Waals surface area contributed by atoms with Gasteiger partial charge in [-0.3, -0.25) is 9.59 Å². The quantitative estimate of drug-likeness (QED) is 0.633. The maximum Gasteiger partial charge on any atom is 0.277 e. The fourth-order valence-electron chi connectivity index (χ4n) is 2.23. The summed E-state index contributed by atoms with van der Waals surface area (Å²) in [5, 5.41) is 6.72. The molecule has 0 fully saturated rings. The number of carbonyl (C=O) groups is 2. The molecule has 7 nitrogen and oxygen atoms in total. The molecule has 26 heavy (non-hydrogen) atoms. The molecule has 2 N–H and O–H groups in total. The topological polar surface area (TPSA) is 89.0 Å². The molecule has 0 aliphatic carbocycles. The fourth-order valence-corrected chi connectivity index (χ4v) is 2.23. The van der Waals surface area contributed by atoms with Crippen LogP contribution in [0.3, 0.4) is 0 Å². The lowest BCUT2D eigenvalue weighted by atomic mass is 10.1. The zero-order chi connectivity index (χ0) is 18.5. The minimum atomic E-state index is -0.455. The number of nitrogens with zero attached hydrogens (tertiary/aromatic N) is 1. The molecule has 1 aliphatic rings. The summed E-state index contributed by atoms with van der Waals surface area (Å²) in [7, 11) is 0. The minimum absolute atomic E-state index is 0.0104. The number of amides is 2. The highest BCUT2D eigenvalue weighted by atomic mass is 19.1. The van der Waals surface area contributed by atoms with E-state index >= 15 is 0 Å². The first kappa shape index (κ1) is 17.4. The summed E-state index contributed by atoms with van der Waals surface area (Å²) >= 11 is 0. The van der Waals surface area contributed by atoms with E-state index in [9.17, 15) is 14.0 Å². The third-order valence-electron chi connectivity index (χ3n) is 3.56. The maximum absolute atomic E-state index is 12.8. The SMILES string of the molecule is C/C(=N/NC(=O)COc1ccc(F)cc1)c1ccc2c(c1)NC(=O)CO2. The van der Waals surface area contributed by atoms with Crippen LogP contribution in [0.5, 0.6) is 11.5 Å². The number of hydrazone groups is 1. The van der Waals surface area contributed by atoms with E-state index in [1.165, 1.54) is 24.3 Å². The van der Waals surface area contributed by atoms with Crippen molar-refractivity contribution in [2.45, 2.75) is 6.92 Å². The predicted octanol–water partition coefficient (Wildman–Crippen LogP) is 2.08. The van der Waals surface area contributed by atoms with E-state index in [0.717, 1.165) is 0 Å². The second-order valence-corrected chi connectivity index (χ2v) is 5.52. The summed E-state index contributed by atoms with van der Waals surface area (Å²) in [4.78, 5) is 23.2. The summed E-state index contributed by atoms with van der Waals surface area (Å²) in [5.74, 6) is -0.0991. The Morgan fingerprint density at radius 3 is 2.85 bits per heavy atom. The van der Waals surface area contributed by atoms with Crippen molar-refractivity contribution < 1.29 is 23.5 Å². The Balaban J connectivity index is 1.57. The molecule has 2 amide bonds. The molecule has 1 aliphatic heterocycles. The molecular formula is C18H16FN3O4. The van der Waals surface area contributed by atoms with Gasteiger partial charge in [-0.15, -0.1) is 0 Å². The van der Waals surface area contributed by atoms with E-state index in [4.69, 9.17) is 9.47 Å². The molecule has 0 saturated heterocycles. The molecule has 0 radical (unpaired) electrons. The van der Waals surface area contributed by atoms with Crippen LogP contribution in [0.2, 0.25) is 0 Å². The third-order valence-corrected chi connectivity index (χ3v) is 3.56. The van der Waals surface area contributed by atoms with E-state index in [-0.39, 0.29) is 24.9 Å². The molecule has 1 heterocycles. The van der Waals surface area contributed by atoms with Crippen molar-refractivity contribution in [3.8, 4) is 11.5 Å². The third kappa shape index (κ3) is 4.35. The smallest absolute Gasteiger partial charge is 0.277 e. The monoisotopic (exact) mass is 357 g/mol. The maximum atomic E-state index is 12.8. The molecule has 0 unspecified atom stereocenters. The van der Waals surface area contributed by atoms with Gasteiger partial charge in [0, 0.05) is 0 Å². The lowest BCUT2D eigenvalue weighted by molar-refractivity contribution is -0.123. The second-order valence-electron chi connectivity index (χ2n) is 5.52. The number of anilines is 1. The van der Waals surface area contributed by atoms with E-state index < -0.39 is 5.91 Å². The summed E-state index contributed by atoms with van der Waals surface area (Å²) in [6.45, 7) is 1.45. The zero-order valence-electron chi connectivity index (χ0n) is 13.9. The average molecular weight is 357 g/mol. The van der Waals surface area contributed by atoms with Crippen molar-refractivity contribution in [1.29, 1.82) is 0 Å². The Bertz CT molecular complexity index is 865. The lowest BCUT2D eigenvalue weighted by Gasteiger charge is -2.18. The molecule has 0 bridgehead atoms. The first-order chi connectivity index (χ1) is 12.5. The summed E-state index contributed by atoms with van der Waals surface area (Å²) in [6, 6.07) is 10.6. The molecule has 0 aromatic heterocycles. The van der Waals surface area contributed by atoms with Crippen LogP contribution in [0.4, 0.5) is 10.1 Å². The number of halogens is 1. The lowest BCUT2D eigenvalue weighted by Crippen LogP contribution is -2.26. The number of hydrogen-bond acceptors (Lipinski definition) is 5. The number of nitrogens with one attached hydrogen (secondary N) is 2. The number of hydrogen-bond donors (Lipinski definition) is 2. The van der Waals surface area contributed by atoms with Gasteiger partial charge in [-0.25, -0.2) is 9.82 Å². The van der Waals surface area contributed by atoms with Gasteiger partial charge in [-0.2, -0.15) is 5.10 Å². The highest BCUT2D eigenvalue weighted by Gasteiger charge is 2.16. The van der Waals surface area contributed by atoms with E-state index in [0.29, 0.717) is 28.5 Å². The number of benzene rings is 2. The number of rotatable bonds is 5. The van der Waals surface area contributed by atoms with E-state index in [2.05, 4.69) is 15.8 Å². The van der Waals surface area contributed by atoms with Crippen LogP contribution < -0.4 is 20.2 Å². The van der Waals surface area contributed by atoms with Gasteiger partial charge in [-0.05, 0) is 55.0 Å². The normalized spacial score (nSPS) is 13.3. The minimum Gasteiger partial charge on any atom is -0.484 e. The summed E-state index contributed by atoms with van der Waals surface area (Å²) in [5.41, 5.74) is 4.20. The Labute approximate surface area is 148 Å². The molecular weight excluding hydrogens is 341 g/mol. The van der Waals surface area contributed by atoms with Crippen molar-refractivity contribution in [3.05, 3.63) is 53.8 Å². The number of carbonyl (C=O) groups excluding carboxylic acids is 2. The van der Waals surface area contributed by atoms with Crippen LogP contribution in [0.15, 0.2) is 47.6 Å². The molecule has 2 aromatic carbocycles. The van der Waals surface area contributed by atoms with Crippen LogP contribution in [-0.4, -0.2) is 30.7 Å². The molecule has 3 rings (SSSR count). The van der Waals surface area contributed by atoms with Crippen LogP contribution in [-0.2, 0) is 9.59 Å². The highest BCUT2D eigenvalue weighted by Crippen LogP contribution is 2.28. The molecule has 0 saturated carbocycles. The molecule has 0 spiro atoms. The van der Waals surface area contributed by atoms with Gasteiger partial charge in [0.1, 0.15) is 17.3 Å². The van der Waals surface area contributed by atoms with Crippen molar-refractivity contribution in [3.63, 3.8) is 0 Å². The Hall–Kier alpha value is -3.42. The first-order valence-corrected chi connectivity index (χ1v) is 7.80. The van der Waals surface area contributed by atoms with Gasteiger partial charge in [0.15, 0.2) is 13.2 Å². The van der Waals surface area contributed by atoms with Crippen molar-refractivity contribution >= 4 is 23.2 Å². The van der Waals surface area contributed by atoms with Crippen LogP contribution in [0.1, 0.15) is 12.5 Å². The molecule has 0 atom stereocenters. The van der Waals surface area contributed by atoms with Gasteiger partial charge in [0.25, 0.3) is 11.8 Å². The number of ether oxygens (including phenoxy) is 2. The van der Waals surface area contributed by atoms with Crippen molar-refractivity contribution in [2.75, 3.05) is 18.5 Å². The predicted molar refractivity (Wildman–Crippen MR) is 92.8 cm³/mol. The standard InChI is InChI=1S/C18H16FN3O4/c1-11(12-2-7-16-15(8-12)20-17(23)9-26-16)21-22-18(24)10-25-14-5-3-13(19)4-6-14/h2-8H,9-10H2,1H3,(H,20,23)(H,22,24)/b21-11-. The Kier molecular flexibility index (Phi) is 5.12. The van der Waals surface area contributed by atoms with Gasteiger partial charge in [-0.1, -0.05) is 0 Å². The first-order valence-electron chi connectivity index (χ1n) is 7.80. The zero-order valence-corrected chi connectivity index (χ0v) is 13.9. The highest BCUT2D eigenvalue weighted by molar-refractivity contribution is 6.02. The van der Waals surface area contributed by atoms with E-state index in [1.54, 1.807) is 25.1 Å². The van der Waals surface area contributed by atoms with Crippen molar-refractivity contribution in [2.24, 2.45) is 5.10 Å². The molecule has 134 valence electrons. The van der Waals surface area contributed by atoms with Gasteiger partial charge in [0.05, 0.1) is 11.4 Å². The second kappa shape index (κ2) is 7.64. The number of fused-ring (bicyclic) bond motifs is 1. The van der Waals surface area contributed by atoms with Crippen molar-refractivity contribution in [1.82, 2.24) is 5.43 Å². The van der Waals surface area contributed by atoms with Gasteiger partial charge >= 0.3 is 0 Å². The average Bonchev–Trinajstić information content (AvgIpc) is 2.65. The van der Waals surface area contributed by atoms with Crippen LogP contribution in [0, 0.1) is 5.82 Å². The Morgan fingerprint density at radius 2 is 2.08 bits per heavy atom. The summed E-state index contributed by atoms with van der Waals surface area (Å²) in [6.07, 6.45) is 0. The summed E-state index contributed by atoms with van der Waals surface area (Å²) < 4.78 is 23.3. The largest absolute Gasteiger partial charge is 0.484 e. The van der Waals surface area contributed by atoms with Crippen LogP contribution >= 0.6 is 0 Å². The van der Waals surface area contributed by atoms with E-state index in [1.807, 2.05) is 0 Å². The Morgan fingerprint density at radius 1 is 1.31 bits per heavy atom.